The lowest BCUT2D eigenvalue weighted by Gasteiger charge is -2.22. The highest BCUT2D eigenvalue weighted by Crippen LogP contribution is 2.12. The van der Waals surface area contributed by atoms with Crippen LogP contribution in [0.1, 0.15) is 16.9 Å². The first-order valence-corrected chi connectivity index (χ1v) is 9.26. The number of amides is 1. The van der Waals surface area contributed by atoms with Crippen molar-refractivity contribution in [2.24, 2.45) is 4.99 Å². The molecular weight excluding hydrogens is 483 g/mol. The quantitative estimate of drug-likeness (QED) is 0.334. The Hall–Kier alpha value is -2.23. The third kappa shape index (κ3) is 7.96. The number of benzene rings is 1. The number of ether oxygens (including phenoxy) is 1. The van der Waals surface area contributed by atoms with Crippen molar-refractivity contribution in [3.63, 3.8) is 0 Å². The van der Waals surface area contributed by atoms with Crippen molar-refractivity contribution < 1.29 is 13.9 Å². The average molecular weight is 514 g/mol. The summed E-state index contributed by atoms with van der Waals surface area (Å²) in [4.78, 5) is 20.0. The summed E-state index contributed by atoms with van der Waals surface area (Å²) in [5.41, 5.74) is 2.29. The van der Waals surface area contributed by atoms with Crippen LogP contribution in [0.2, 0.25) is 0 Å². The Balaban J connectivity index is 0.00000420. The molecule has 0 fully saturated rings. The van der Waals surface area contributed by atoms with E-state index in [9.17, 15) is 4.79 Å². The molecule has 1 amide bonds. The molecule has 29 heavy (non-hydrogen) atoms. The lowest BCUT2D eigenvalue weighted by Crippen LogP contribution is -2.40. The second kappa shape index (κ2) is 12.4. The normalized spacial score (nSPS) is 10.9. The zero-order valence-electron chi connectivity index (χ0n) is 17.8. The summed E-state index contributed by atoms with van der Waals surface area (Å²) in [5, 5.41) is 3.37. The largest absolute Gasteiger partial charge is 0.497 e. The maximum Gasteiger partial charge on any atom is 0.243 e. The molecule has 0 radical (unpaired) electrons. The van der Waals surface area contributed by atoms with Gasteiger partial charge in [0.1, 0.15) is 18.1 Å². The number of guanidine groups is 1. The van der Waals surface area contributed by atoms with Gasteiger partial charge in [-0.05, 0) is 37.1 Å². The summed E-state index contributed by atoms with van der Waals surface area (Å²) in [5.74, 6) is 2.37. The third-order valence-corrected chi connectivity index (χ3v) is 4.45. The van der Waals surface area contributed by atoms with Gasteiger partial charge in [-0.25, -0.2) is 4.99 Å². The topological polar surface area (TPSA) is 70.3 Å². The number of hydrogen-bond acceptors (Lipinski definition) is 4. The Kier molecular flexibility index (Phi) is 10.6. The Morgan fingerprint density at radius 1 is 1.17 bits per heavy atom. The van der Waals surface area contributed by atoms with Crippen LogP contribution in [0.3, 0.4) is 0 Å². The maximum atomic E-state index is 11.9. The Morgan fingerprint density at radius 2 is 1.86 bits per heavy atom. The Morgan fingerprint density at radius 3 is 2.41 bits per heavy atom. The molecule has 160 valence electrons. The molecule has 1 aromatic carbocycles. The molecule has 8 heteroatoms. The van der Waals surface area contributed by atoms with Crippen LogP contribution in [-0.2, 0) is 17.8 Å². The van der Waals surface area contributed by atoms with E-state index in [2.05, 4.69) is 10.3 Å². The molecule has 0 atom stereocenters. The highest BCUT2D eigenvalue weighted by atomic mass is 127. The van der Waals surface area contributed by atoms with E-state index >= 15 is 0 Å². The van der Waals surface area contributed by atoms with Crippen LogP contribution in [0, 0.1) is 6.92 Å². The lowest BCUT2D eigenvalue weighted by molar-refractivity contribution is -0.127. The highest BCUT2D eigenvalue weighted by Gasteiger charge is 2.12. The second-order valence-corrected chi connectivity index (χ2v) is 6.81. The Labute approximate surface area is 190 Å². The van der Waals surface area contributed by atoms with Crippen LogP contribution < -0.4 is 10.1 Å². The van der Waals surface area contributed by atoms with Gasteiger partial charge in [0.25, 0.3) is 0 Å². The monoisotopic (exact) mass is 514 g/mol. The second-order valence-electron chi connectivity index (χ2n) is 6.81. The van der Waals surface area contributed by atoms with E-state index in [4.69, 9.17) is 9.15 Å². The first kappa shape index (κ1) is 24.8. The van der Waals surface area contributed by atoms with Gasteiger partial charge in [0, 0.05) is 39.8 Å². The van der Waals surface area contributed by atoms with E-state index in [0.717, 1.165) is 23.5 Å². The number of halogens is 1. The van der Waals surface area contributed by atoms with Crippen molar-refractivity contribution in [2.45, 2.75) is 19.9 Å². The maximum absolute atomic E-state index is 11.9. The standard InChI is InChI=1S/C21H30N4O3.HI/c1-16-18(11-13-28-16)15-25(4)21(23-14-20(26)24(2)3)22-12-10-17-6-8-19(27-5)9-7-17;/h6-9,11,13H,10,12,14-15H2,1-5H3,(H,22,23);1H. The molecular formula is C21H31IN4O3. The van der Waals surface area contributed by atoms with Crippen molar-refractivity contribution in [3.05, 3.63) is 53.5 Å². The number of nitrogens with one attached hydrogen (secondary N) is 1. The third-order valence-electron chi connectivity index (χ3n) is 4.45. The van der Waals surface area contributed by atoms with Gasteiger partial charge in [-0.1, -0.05) is 12.1 Å². The number of methoxy groups -OCH3 is 1. The number of furan rings is 1. The van der Waals surface area contributed by atoms with Gasteiger partial charge in [0.15, 0.2) is 5.96 Å². The minimum absolute atomic E-state index is 0. The lowest BCUT2D eigenvalue weighted by atomic mass is 10.1. The van der Waals surface area contributed by atoms with Gasteiger partial charge in [-0.15, -0.1) is 24.0 Å². The number of rotatable bonds is 8. The van der Waals surface area contributed by atoms with Crippen LogP contribution in [0.5, 0.6) is 5.75 Å². The molecule has 1 heterocycles. The molecule has 1 N–H and O–H groups in total. The molecule has 0 aliphatic carbocycles. The number of carbonyl (C=O) groups excluding carboxylic acids is 1. The van der Waals surface area contributed by atoms with Crippen molar-refractivity contribution in [1.82, 2.24) is 15.1 Å². The highest BCUT2D eigenvalue weighted by molar-refractivity contribution is 14.0. The SMILES string of the molecule is COc1ccc(CCNC(=NCC(=O)N(C)C)N(C)Cc2ccoc2C)cc1.I. The van der Waals surface area contributed by atoms with E-state index < -0.39 is 0 Å². The summed E-state index contributed by atoms with van der Waals surface area (Å²) in [6.45, 7) is 3.39. The molecule has 0 spiro atoms. The molecule has 2 rings (SSSR count). The van der Waals surface area contributed by atoms with Crippen LogP contribution in [-0.4, -0.2) is 63.0 Å². The van der Waals surface area contributed by atoms with Crippen molar-refractivity contribution in [3.8, 4) is 5.75 Å². The molecule has 0 aliphatic rings. The zero-order chi connectivity index (χ0) is 20.5. The van der Waals surface area contributed by atoms with E-state index in [1.165, 1.54) is 5.56 Å². The number of likely N-dealkylation sites (N-methyl/N-ethyl adjacent to an activating group) is 1. The summed E-state index contributed by atoms with van der Waals surface area (Å²) < 4.78 is 10.6. The van der Waals surface area contributed by atoms with Crippen molar-refractivity contribution in [2.75, 3.05) is 41.3 Å². The van der Waals surface area contributed by atoms with Gasteiger partial charge in [-0.3, -0.25) is 4.79 Å². The first-order chi connectivity index (χ1) is 13.4. The van der Waals surface area contributed by atoms with Crippen LogP contribution >= 0.6 is 24.0 Å². The Bertz CT molecular complexity index is 787. The fourth-order valence-electron chi connectivity index (χ4n) is 2.61. The first-order valence-electron chi connectivity index (χ1n) is 9.26. The van der Waals surface area contributed by atoms with E-state index in [1.54, 1.807) is 32.4 Å². The molecule has 1 aromatic heterocycles. The zero-order valence-corrected chi connectivity index (χ0v) is 20.1. The van der Waals surface area contributed by atoms with Crippen LogP contribution in [0.25, 0.3) is 0 Å². The summed E-state index contributed by atoms with van der Waals surface area (Å²) in [6.07, 6.45) is 2.52. The van der Waals surface area contributed by atoms with Crippen molar-refractivity contribution >= 4 is 35.8 Å². The number of aliphatic imine (C=N–C) groups is 1. The molecule has 0 aliphatic heterocycles. The predicted octanol–water partition coefficient (Wildman–Crippen LogP) is 2.92. The predicted molar refractivity (Wildman–Crippen MR) is 126 cm³/mol. The van der Waals surface area contributed by atoms with Gasteiger partial charge in [0.05, 0.1) is 13.4 Å². The fraction of sp³-hybridized carbons (Fsp3) is 0.429. The van der Waals surface area contributed by atoms with Gasteiger partial charge < -0.3 is 24.3 Å². The number of nitrogens with zero attached hydrogens (tertiary/aromatic N) is 3. The number of hydrogen-bond donors (Lipinski definition) is 1. The fourth-order valence-corrected chi connectivity index (χ4v) is 2.61. The van der Waals surface area contributed by atoms with Gasteiger partial charge in [-0.2, -0.15) is 0 Å². The molecule has 0 unspecified atom stereocenters. The number of aryl methyl sites for hydroxylation is 1. The van der Waals surface area contributed by atoms with Crippen LogP contribution in [0.4, 0.5) is 0 Å². The molecule has 0 saturated carbocycles. The smallest absolute Gasteiger partial charge is 0.243 e. The van der Waals surface area contributed by atoms with E-state index in [1.807, 2.05) is 49.2 Å². The van der Waals surface area contributed by atoms with Gasteiger partial charge >= 0.3 is 0 Å². The van der Waals surface area contributed by atoms with E-state index in [-0.39, 0.29) is 36.4 Å². The van der Waals surface area contributed by atoms with Crippen LogP contribution in [0.15, 0.2) is 46.0 Å². The minimum atomic E-state index is -0.0395. The number of carbonyl (C=O) groups is 1. The summed E-state index contributed by atoms with van der Waals surface area (Å²) in [6, 6.07) is 9.95. The van der Waals surface area contributed by atoms with Crippen molar-refractivity contribution in [1.29, 1.82) is 0 Å². The minimum Gasteiger partial charge on any atom is -0.497 e. The average Bonchev–Trinajstić information content (AvgIpc) is 3.09. The molecule has 2 aromatic rings. The molecule has 0 bridgehead atoms. The molecule has 0 saturated heterocycles. The summed E-state index contributed by atoms with van der Waals surface area (Å²) in [7, 11) is 7.07. The van der Waals surface area contributed by atoms with Gasteiger partial charge in [0.2, 0.25) is 5.91 Å². The summed E-state index contributed by atoms with van der Waals surface area (Å²) >= 11 is 0. The van der Waals surface area contributed by atoms with E-state index in [0.29, 0.717) is 19.0 Å². The molecule has 7 nitrogen and oxygen atoms in total.